The van der Waals surface area contributed by atoms with Gasteiger partial charge in [0.25, 0.3) is 0 Å². The van der Waals surface area contributed by atoms with Crippen molar-refractivity contribution in [3.05, 3.63) is 0 Å². The van der Waals surface area contributed by atoms with E-state index < -0.39 is 0 Å². The minimum atomic E-state index is 0.521. The van der Waals surface area contributed by atoms with Crippen LogP contribution in [0.1, 0.15) is 44.9 Å². The zero-order valence-electron chi connectivity index (χ0n) is 10.3. The summed E-state index contributed by atoms with van der Waals surface area (Å²) in [7, 11) is 0. The molecular weight excluding hydrogens is 200 g/mol. The van der Waals surface area contributed by atoms with Crippen LogP contribution in [0.5, 0.6) is 0 Å². The molecule has 0 spiro atoms. The van der Waals surface area contributed by atoms with Gasteiger partial charge in [-0.3, -0.25) is 0 Å². The van der Waals surface area contributed by atoms with E-state index in [0.717, 1.165) is 19.7 Å². The molecule has 3 atom stereocenters. The van der Waals surface area contributed by atoms with E-state index in [2.05, 4.69) is 5.32 Å². The van der Waals surface area contributed by atoms with Crippen LogP contribution in [0.15, 0.2) is 0 Å². The second-order valence-corrected chi connectivity index (χ2v) is 5.26. The molecule has 1 heterocycles. The summed E-state index contributed by atoms with van der Waals surface area (Å²) < 4.78 is 5.63. The third kappa shape index (κ3) is 3.44. The Morgan fingerprint density at radius 1 is 1.12 bits per heavy atom. The van der Waals surface area contributed by atoms with Crippen LogP contribution in [-0.4, -0.2) is 31.8 Å². The van der Waals surface area contributed by atoms with Gasteiger partial charge in [-0.05, 0) is 51.1 Å². The fourth-order valence-corrected chi connectivity index (χ4v) is 3.06. The van der Waals surface area contributed by atoms with Crippen molar-refractivity contribution in [3.8, 4) is 0 Å². The van der Waals surface area contributed by atoms with Gasteiger partial charge in [0.2, 0.25) is 0 Å². The summed E-state index contributed by atoms with van der Waals surface area (Å²) in [5.41, 5.74) is 5.82. The third-order valence-corrected chi connectivity index (χ3v) is 4.11. The van der Waals surface area contributed by atoms with Gasteiger partial charge >= 0.3 is 0 Å². The topological polar surface area (TPSA) is 47.3 Å². The average Bonchev–Trinajstić information content (AvgIpc) is 2.83. The monoisotopic (exact) mass is 226 g/mol. The van der Waals surface area contributed by atoms with Crippen molar-refractivity contribution in [3.63, 3.8) is 0 Å². The lowest BCUT2D eigenvalue weighted by atomic mass is 9.84. The lowest BCUT2D eigenvalue weighted by Gasteiger charge is -2.31. The van der Waals surface area contributed by atoms with Crippen LogP contribution in [0, 0.1) is 5.92 Å². The maximum Gasteiger partial charge on any atom is 0.0588 e. The highest BCUT2D eigenvalue weighted by Crippen LogP contribution is 2.23. The number of hydrogen-bond acceptors (Lipinski definition) is 3. The molecule has 0 amide bonds. The molecule has 0 aromatic carbocycles. The quantitative estimate of drug-likeness (QED) is 0.749. The molecule has 0 aromatic rings. The van der Waals surface area contributed by atoms with E-state index in [1.54, 1.807) is 0 Å². The van der Waals surface area contributed by atoms with Crippen molar-refractivity contribution in [2.75, 3.05) is 19.7 Å². The van der Waals surface area contributed by atoms with E-state index in [0.29, 0.717) is 18.1 Å². The minimum absolute atomic E-state index is 0.521. The number of rotatable bonds is 5. The highest BCUT2D eigenvalue weighted by atomic mass is 16.5. The van der Waals surface area contributed by atoms with Crippen LogP contribution < -0.4 is 11.1 Å². The molecule has 3 nitrogen and oxygen atoms in total. The first-order chi connectivity index (χ1) is 7.90. The van der Waals surface area contributed by atoms with Crippen LogP contribution in [0.4, 0.5) is 0 Å². The summed E-state index contributed by atoms with van der Waals surface area (Å²) in [6.45, 7) is 2.92. The Hall–Kier alpha value is -0.120. The lowest BCUT2D eigenvalue weighted by molar-refractivity contribution is 0.102. The Morgan fingerprint density at radius 3 is 2.75 bits per heavy atom. The standard InChI is InChI=1S/C13H26N2O/c14-10-11-4-1-2-6-13(11)15-8-7-12-5-3-9-16-12/h11-13,15H,1-10,14H2. The summed E-state index contributed by atoms with van der Waals surface area (Å²) in [6.07, 6.45) is 9.56. The molecule has 3 N–H and O–H groups in total. The van der Waals surface area contributed by atoms with E-state index in [1.165, 1.54) is 44.9 Å². The van der Waals surface area contributed by atoms with E-state index in [-0.39, 0.29) is 0 Å². The molecule has 94 valence electrons. The molecule has 2 fully saturated rings. The minimum Gasteiger partial charge on any atom is -0.378 e. The Bertz CT molecular complexity index is 192. The van der Waals surface area contributed by atoms with Gasteiger partial charge in [0.15, 0.2) is 0 Å². The zero-order valence-corrected chi connectivity index (χ0v) is 10.3. The van der Waals surface area contributed by atoms with E-state index >= 15 is 0 Å². The van der Waals surface area contributed by atoms with Crippen LogP contribution in [0.25, 0.3) is 0 Å². The molecule has 3 unspecified atom stereocenters. The van der Waals surface area contributed by atoms with Gasteiger partial charge in [0, 0.05) is 12.6 Å². The van der Waals surface area contributed by atoms with Crippen LogP contribution in [0.2, 0.25) is 0 Å². The van der Waals surface area contributed by atoms with Crippen molar-refractivity contribution in [1.82, 2.24) is 5.32 Å². The summed E-state index contributed by atoms with van der Waals surface area (Å²) >= 11 is 0. The maximum absolute atomic E-state index is 5.82. The molecule has 3 heteroatoms. The highest BCUT2D eigenvalue weighted by Gasteiger charge is 2.23. The molecule has 1 saturated heterocycles. The van der Waals surface area contributed by atoms with Gasteiger partial charge in [-0.25, -0.2) is 0 Å². The first-order valence-corrected chi connectivity index (χ1v) is 6.95. The molecule has 0 aromatic heterocycles. The number of ether oxygens (including phenoxy) is 1. The Kier molecular flexibility index (Phi) is 5.07. The average molecular weight is 226 g/mol. The summed E-state index contributed by atoms with van der Waals surface area (Å²) in [4.78, 5) is 0. The first-order valence-electron chi connectivity index (χ1n) is 6.95. The van der Waals surface area contributed by atoms with Crippen molar-refractivity contribution in [2.24, 2.45) is 11.7 Å². The SMILES string of the molecule is NCC1CCCCC1NCCC1CCCO1. The molecule has 2 aliphatic rings. The summed E-state index contributed by atoms with van der Waals surface area (Å²) in [5.74, 6) is 0.707. The number of nitrogens with one attached hydrogen (secondary N) is 1. The van der Waals surface area contributed by atoms with Gasteiger partial charge in [-0.2, -0.15) is 0 Å². The van der Waals surface area contributed by atoms with Gasteiger partial charge in [-0.1, -0.05) is 12.8 Å². The third-order valence-electron chi connectivity index (χ3n) is 4.11. The predicted molar refractivity (Wildman–Crippen MR) is 66.4 cm³/mol. The van der Waals surface area contributed by atoms with E-state index in [4.69, 9.17) is 10.5 Å². The van der Waals surface area contributed by atoms with Gasteiger partial charge in [0.1, 0.15) is 0 Å². The van der Waals surface area contributed by atoms with Crippen LogP contribution in [0.3, 0.4) is 0 Å². The molecule has 1 saturated carbocycles. The first kappa shape index (κ1) is 12.3. The molecule has 1 aliphatic carbocycles. The molecular formula is C13H26N2O. The molecule has 1 aliphatic heterocycles. The second-order valence-electron chi connectivity index (χ2n) is 5.26. The van der Waals surface area contributed by atoms with Crippen LogP contribution in [-0.2, 0) is 4.74 Å². The Labute approximate surface area is 99.1 Å². The van der Waals surface area contributed by atoms with E-state index in [1.807, 2.05) is 0 Å². The Balaban J connectivity index is 1.63. The highest BCUT2D eigenvalue weighted by molar-refractivity contribution is 4.81. The van der Waals surface area contributed by atoms with Gasteiger partial charge < -0.3 is 15.8 Å². The summed E-state index contributed by atoms with van der Waals surface area (Å²) in [6, 6.07) is 0.667. The fourth-order valence-electron chi connectivity index (χ4n) is 3.06. The normalized spacial score (nSPS) is 35.4. The fraction of sp³-hybridized carbons (Fsp3) is 1.00. The zero-order chi connectivity index (χ0) is 11.2. The molecule has 0 radical (unpaired) electrons. The smallest absolute Gasteiger partial charge is 0.0588 e. The van der Waals surface area contributed by atoms with Crippen molar-refractivity contribution < 1.29 is 4.74 Å². The predicted octanol–water partition coefficient (Wildman–Crippen LogP) is 1.66. The number of nitrogens with two attached hydrogens (primary N) is 1. The van der Waals surface area contributed by atoms with Crippen molar-refractivity contribution in [2.45, 2.75) is 57.1 Å². The molecule has 0 bridgehead atoms. The van der Waals surface area contributed by atoms with Crippen molar-refractivity contribution >= 4 is 0 Å². The summed E-state index contributed by atoms with van der Waals surface area (Å²) in [5, 5.41) is 3.69. The number of hydrogen-bond donors (Lipinski definition) is 2. The van der Waals surface area contributed by atoms with E-state index in [9.17, 15) is 0 Å². The Morgan fingerprint density at radius 2 is 2.00 bits per heavy atom. The van der Waals surface area contributed by atoms with Crippen molar-refractivity contribution in [1.29, 1.82) is 0 Å². The van der Waals surface area contributed by atoms with Gasteiger partial charge in [0.05, 0.1) is 6.10 Å². The van der Waals surface area contributed by atoms with Crippen LogP contribution >= 0.6 is 0 Å². The molecule has 2 rings (SSSR count). The molecule has 16 heavy (non-hydrogen) atoms. The second kappa shape index (κ2) is 6.58. The maximum atomic E-state index is 5.82. The van der Waals surface area contributed by atoms with Gasteiger partial charge in [-0.15, -0.1) is 0 Å². The lowest BCUT2D eigenvalue weighted by Crippen LogP contribution is -2.42. The largest absolute Gasteiger partial charge is 0.378 e.